The van der Waals surface area contributed by atoms with Gasteiger partial charge in [-0.2, -0.15) is 13.5 Å². The summed E-state index contributed by atoms with van der Waals surface area (Å²) in [7, 11) is -4.59. The molecular formula is C34H44ClF2N3O6S. The highest BCUT2D eigenvalue weighted by Gasteiger charge is 2.54. The van der Waals surface area contributed by atoms with Crippen LogP contribution in [-0.2, 0) is 25.5 Å². The van der Waals surface area contributed by atoms with Crippen molar-refractivity contribution < 1.29 is 36.3 Å². The quantitative estimate of drug-likeness (QED) is 0.283. The van der Waals surface area contributed by atoms with Crippen molar-refractivity contribution in [2.24, 2.45) is 5.92 Å². The Kier molecular flexibility index (Phi) is 10.7. The van der Waals surface area contributed by atoms with Crippen molar-refractivity contribution in [3.63, 3.8) is 0 Å². The van der Waals surface area contributed by atoms with Crippen LogP contribution in [0, 0.1) is 5.92 Å². The van der Waals surface area contributed by atoms with Gasteiger partial charge in [0.2, 0.25) is 15.9 Å². The Morgan fingerprint density at radius 1 is 0.936 bits per heavy atom. The van der Waals surface area contributed by atoms with Crippen molar-refractivity contribution in [2.45, 2.75) is 119 Å². The predicted molar refractivity (Wildman–Crippen MR) is 174 cm³/mol. The number of amides is 2. The van der Waals surface area contributed by atoms with Crippen molar-refractivity contribution in [3.8, 4) is 5.75 Å². The summed E-state index contributed by atoms with van der Waals surface area (Å²) in [6, 6.07) is 6.59. The molecule has 9 nitrogen and oxygen atoms in total. The average molecular weight is 696 g/mol. The van der Waals surface area contributed by atoms with Crippen molar-refractivity contribution in [1.29, 1.82) is 0 Å². The predicted octanol–water partition coefficient (Wildman–Crippen LogP) is 6.78. The first kappa shape index (κ1) is 35.3. The molecule has 1 saturated carbocycles. The average Bonchev–Trinajstić information content (AvgIpc) is 3.28. The van der Waals surface area contributed by atoms with Gasteiger partial charge in [-0.3, -0.25) is 4.79 Å². The summed E-state index contributed by atoms with van der Waals surface area (Å²) in [6.07, 6.45) is 6.88. The molecule has 2 saturated heterocycles. The molecule has 47 heavy (non-hydrogen) atoms. The van der Waals surface area contributed by atoms with Crippen LogP contribution in [0.15, 0.2) is 53.4 Å². The van der Waals surface area contributed by atoms with Crippen LogP contribution in [0.3, 0.4) is 0 Å². The highest BCUT2D eigenvalue weighted by molar-refractivity contribution is 7.89. The summed E-state index contributed by atoms with van der Waals surface area (Å²) in [4.78, 5) is 27.6. The first-order valence-corrected chi connectivity index (χ1v) is 18.2. The van der Waals surface area contributed by atoms with E-state index in [-0.39, 0.29) is 16.0 Å². The molecule has 2 aliphatic heterocycles. The number of alkyl halides is 2. The van der Waals surface area contributed by atoms with E-state index in [1.165, 1.54) is 60.6 Å². The molecule has 258 valence electrons. The molecule has 3 fully saturated rings. The third-order valence-electron chi connectivity index (χ3n) is 9.16. The Morgan fingerprint density at radius 3 is 2.11 bits per heavy atom. The van der Waals surface area contributed by atoms with E-state index in [4.69, 9.17) is 21.1 Å². The number of nitrogens with zero attached hydrogens (tertiary/aromatic N) is 1. The highest BCUT2D eigenvalue weighted by Crippen LogP contribution is 2.40. The Balaban J connectivity index is 1.35. The van der Waals surface area contributed by atoms with Gasteiger partial charge in [-0.15, -0.1) is 0 Å². The van der Waals surface area contributed by atoms with Gasteiger partial charge in [-0.1, -0.05) is 43.0 Å². The van der Waals surface area contributed by atoms with Crippen LogP contribution in [0.25, 0.3) is 0 Å². The summed E-state index contributed by atoms with van der Waals surface area (Å²) in [5.41, 5.74) is -1.25. The first-order chi connectivity index (χ1) is 22.1. The summed E-state index contributed by atoms with van der Waals surface area (Å²) < 4.78 is 73.2. The summed E-state index contributed by atoms with van der Waals surface area (Å²) >= 11 is 5.94. The first-order valence-electron chi connectivity index (χ1n) is 16.3. The number of carbonyl (C=O) groups excluding carboxylic acids is 2. The Bertz CT molecular complexity index is 1500. The van der Waals surface area contributed by atoms with Crippen molar-refractivity contribution in [1.82, 2.24) is 14.9 Å². The second-order valence-electron chi connectivity index (χ2n) is 13.9. The summed E-state index contributed by atoms with van der Waals surface area (Å²) in [5, 5.41) is 3.06. The minimum atomic E-state index is -4.59. The Hall–Kier alpha value is -2.96. The fourth-order valence-electron chi connectivity index (χ4n) is 6.90. The van der Waals surface area contributed by atoms with Gasteiger partial charge < -0.3 is 19.7 Å². The molecule has 2 heterocycles. The van der Waals surface area contributed by atoms with Crippen LogP contribution < -0.4 is 14.8 Å². The van der Waals surface area contributed by atoms with Crippen LogP contribution in [0.5, 0.6) is 5.75 Å². The number of fused-ring (bicyclic) bond motifs is 2. The van der Waals surface area contributed by atoms with E-state index >= 15 is 8.78 Å². The highest BCUT2D eigenvalue weighted by atomic mass is 35.5. The van der Waals surface area contributed by atoms with E-state index in [1.807, 2.05) is 0 Å². The number of halogens is 3. The number of rotatable bonds is 10. The van der Waals surface area contributed by atoms with Gasteiger partial charge in [0.05, 0.1) is 11.5 Å². The number of nitrogens with one attached hydrogen (secondary N) is 2. The van der Waals surface area contributed by atoms with Gasteiger partial charge in [0.1, 0.15) is 11.4 Å². The zero-order chi connectivity index (χ0) is 34.0. The zero-order valence-electron chi connectivity index (χ0n) is 27.0. The monoisotopic (exact) mass is 695 g/mol. The second-order valence-corrected chi connectivity index (χ2v) is 16.1. The molecule has 0 radical (unpaired) electrons. The van der Waals surface area contributed by atoms with Gasteiger partial charge in [0, 0.05) is 28.7 Å². The van der Waals surface area contributed by atoms with Gasteiger partial charge in [0.25, 0.3) is 5.92 Å². The number of sulfonamides is 1. The molecule has 2 aromatic rings. The van der Waals surface area contributed by atoms with E-state index in [0.717, 1.165) is 25.0 Å². The second kappa shape index (κ2) is 14.3. The maximum atomic E-state index is 16.3. The lowest BCUT2D eigenvalue weighted by Crippen LogP contribution is -2.61. The van der Waals surface area contributed by atoms with Crippen LogP contribution in [0.1, 0.15) is 84.1 Å². The van der Waals surface area contributed by atoms with E-state index in [9.17, 15) is 18.0 Å². The number of hydrogen-bond donors (Lipinski definition) is 2. The Labute approximate surface area is 280 Å². The van der Waals surface area contributed by atoms with Crippen molar-refractivity contribution in [2.75, 3.05) is 6.61 Å². The van der Waals surface area contributed by atoms with Crippen LogP contribution in [-0.4, -0.2) is 61.7 Å². The molecule has 2 amide bonds. The molecule has 3 aliphatic rings. The van der Waals surface area contributed by atoms with Gasteiger partial charge >= 0.3 is 6.09 Å². The van der Waals surface area contributed by atoms with Crippen molar-refractivity contribution >= 4 is 33.6 Å². The van der Waals surface area contributed by atoms with Crippen LogP contribution in [0.4, 0.5) is 13.6 Å². The molecule has 2 bridgehead atoms. The molecule has 0 spiro atoms. The SMILES string of the molecule is CC(C)(C)OC(=O)NC1CC2CCC(C1)N2C(=O)C(NS(=O)(=O)c1ccc(OCC2CCCCC2)cc1)C(F)(F)c1ccc(Cl)cc1. The summed E-state index contributed by atoms with van der Waals surface area (Å²) in [5.74, 6) is -4.02. The summed E-state index contributed by atoms with van der Waals surface area (Å²) in [6.45, 7) is 5.78. The standard InChI is InChI=1S/C34H44ClF2N3O6S/c1-33(2,3)46-32(42)38-25-19-26-13-14-27(20-25)40(26)31(41)30(34(36,37)23-9-11-24(35)12-10-23)39-47(43,44)29-17-15-28(16-18-29)45-21-22-7-5-4-6-8-22/h9-12,15-18,22,25-27,30,39H,4-8,13-14,19-21H2,1-3H3,(H,38,42). The maximum Gasteiger partial charge on any atom is 0.407 e. The fraction of sp³-hybridized carbons (Fsp3) is 0.588. The minimum Gasteiger partial charge on any atom is -0.493 e. The molecule has 1 aliphatic carbocycles. The van der Waals surface area contributed by atoms with Crippen LogP contribution in [0.2, 0.25) is 5.02 Å². The molecule has 2 aromatic carbocycles. The number of ether oxygens (including phenoxy) is 2. The van der Waals surface area contributed by atoms with Gasteiger partial charge in [-0.25, -0.2) is 13.2 Å². The fourth-order valence-corrected chi connectivity index (χ4v) is 8.22. The maximum absolute atomic E-state index is 16.3. The Morgan fingerprint density at radius 2 is 1.53 bits per heavy atom. The number of alkyl carbamates (subject to hydrolysis) is 1. The molecule has 5 rings (SSSR count). The molecule has 3 unspecified atom stereocenters. The number of carbonyl (C=O) groups is 2. The van der Waals surface area contributed by atoms with E-state index in [2.05, 4.69) is 10.0 Å². The molecule has 2 N–H and O–H groups in total. The third kappa shape index (κ3) is 8.75. The van der Waals surface area contributed by atoms with Crippen molar-refractivity contribution in [3.05, 3.63) is 59.1 Å². The van der Waals surface area contributed by atoms with Crippen LogP contribution >= 0.6 is 11.6 Å². The largest absolute Gasteiger partial charge is 0.493 e. The van der Waals surface area contributed by atoms with Gasteiger partial charge in [-0.05, 0) is 102 Å². The molecular weight excluding hydrogens is 652 g/mol. The lowest BCUT2D eigenvalue weighted by atomic mass is 9.90. The molecule has 0 aromatic heterocycles. The lowest BCUT2D eigenvalue weighted by molar-refractivity contribution is -0.149. The zero-order valence-corrected chi connectivity index (χ0v) is 28.6. The number of hydrogen-bond acceptors (Lipinski definition) is 6. The topological polar surface area (TPSA) is 114 Å². The van der Waals surface area contributed by atoms with E-state index < -0.39 is 57.2 Å². The minimum absolute atomic E-state index is 0.219. The van der Waals surface area contributed by atoms with Gasteiger partial charge in [0.15, 0.2) is 6.04 Å². The molecule has 3 atom stereocenters. The normalized spacial score (nSPS) is 22.9. The molecule has 13 heteroatoms. The smallest absolute Gasteiger partial charge is 0.407 e. The van der Waals surface area contributed by atoms with E-state index in [0.29, 0.717) is 44.0 Å². The number of piperidine rings is 1. The number of benzene rings is 2. The van der Waals surface area contributed by atoms with E-state index in [1.54, 1.807) is 20.8 Å². The lowest BCUT2D eigenvalue weighted by Gasteiger charge is -2.42. The third-order valence-corrected chi connectivity index (χ3v) is 10.9.